The molecule has 2 amide bonds. The van der Waals surface area contributed by atoms with E-state index >= 15 is 0 Å². The molecule has 11 heteroatoms. The number of piperazine rings is 1. The van der Waals surface area contributed by atoms with E-state index in [1.165, 1.54) is 0 Å². The molecule has 2 fully saturated rings. The number of carbonyl (C=O) groups excluding carboxylic acids is 2. The Balaban J connectivity index is 1.17. The van der Waals surface area contributed by atoms with E-state index in [1.807, 2.05) is 61.9 Å². The van der Waals surface area contributed by atoms with Crippen LogP contribution >= 0.6 is 0 Å². The van der Waals surface area contributed by atoms with Gasteiger partial charge in [-0.05, 0) is 64.4 Å². The Labute approximate surface area is 254 Å². The van der Waals surface area contributed by atoms with Crippen LogP contribution in [0.3, 0.4) is 0 Å². The summed E-state index contributed by atoms with van der Waals surface area (Å²) in [6.45, 7) is 9.52. The fourth-order valence-electron chi connectivity index (χ4n) is 6.37. The molecule has 2 aromatic heterocycles. The van der Waals surface area contributed by atoms with E-state index in [2.05, 4.69) is 35.8 Å². The van der Waals surface area contributed by atoms with Crippen LogP contribution in [0.1, 0.15) is 51.5 Å². The maximum Gasteiger partial charge on any atom is 0.225 e. The Morgan fingerprint density at radius 1 is 1.00 bits per heavy atom. The van der Waals surface area contributed by atoms with E-state index in [0.29, 0.717) is 32.7 Å². The molecule has 1 saturated carbocycles. The van der Waals surface area contributed by atoms with E-state index in [9.17, 15) is 9.59 Å². The van der Waals surface area contributed by atoms with Crippen molar-refractivity contribution in [2.24, 2.45) is 5.92 Å². The van der Waals surface area contributed by atoms with Gasteiger partial charge in [0.1, 0.15) is 17.9 Å². The first-order valence-corrected chi connectivity index (χ1v) is 15.7. The number of nitrogens with zero attached hydrogens (tertiary/aromatic N) is 8. The lowest BCUT2D eigenvalue weighted by atomic mass is 9.84. The molecule has 0 spiro atoms. The molecule has 43 heavy (non-hydrogen) atoms. The third-order valence-electron chi connectivity index (χ3n) is 8.74. The number of amides is 2. The maximum atomic E-state index is 13.5. The van der Waals surface area contributed by atoms with Crippen LogP contribution in [0.25, 0.3) is 11.0 Å². The molecule has 1 aliphatic heterocycles. The minimum atomic E-state index is 0.0421. The zero-order valence-electron chi connectivity index (χ0n) is 26.1. The van der Waals surface area contributed by atoms with Gasteiger partial charge in [0.2, 0.25) is 11.8 Å². The van der Waals surface area contributed by atoms with Crippen LogP contribution in [0.15, 0.2) is 36.8 Å². The number of carbonyl (C=O) groups is 2. The number of rotatable bonds is 11. The van der Waals surface area contributed by atoms with Gasteiger partial charge in [-0.3, -0.25) is 9.59 Å². The molecule has 11 nitrogen and oxygen atoms in total. The molecule has 0 bridgehead atoms. The van der Waals surface area contributed by atoms with Gasteiger partial charge in [0, 0.05) is 57.6 Å². The van der Waals surface area contributed by atoms with E-state index in [-0.39, 0.29) is 23.8 Å². The minimum Gasteiger partial charge on any atom is -0.494 e. The van der Waals surface area contributed by atoms with Crippen LogP contribution in [-0.2, 0) is 16.1 Å². The first kappa shape index (κ1) is 30.7. The van der Waals surface area contributed by atoms with Gasteiger partial charge in [0.25, 0.3) is 0 Å². The lowest BCUT2D eigenvalue weighted by Gasteiger charge is -2.40. The van der Waals surface area contributed by atoms with Crippen molar-refractivity contribution in [3.8, 4) is 5.75 Å². The fourth-order valence-corrected chi connectivity index (χ4v) is 6.37. The van der Waals surface area contributed by atoms with E-state index in [0.717, 1.165) is 80.0 Å². The molecular formula is C32H46N8O3. The molecule has 1 saturated heterocycles. The average Bonchev–Trinajstić information content (AvgIpc) is 3.44. The van der Waals surface area contributed by atoms with Crippen molar-refractivity contribution in [2.75, 3.05) is 64.9 Å². The molecule has 1 aromatic carbocycles. The second-order valence-corrected chi connectivity index (χ2v) is 11.9. The van der Waals surface area contributed by atoms with E-state index < -0.39 is 0 Å². The number of aromatic nitrogens is 4. The Morgan fingerprint density at radius 3 is 2.47 bits per heavy atom. The van der Waals surface area contributed by atoms with E-state index in [4.69, 9.17) is 4.74 Å². The molecule has 0 N–H and O–H groups in total. The molecule has 3 heterocycles. The van der Waals surface area contributed by atoms with Gasteiger partial charge in [-0.1, -0.05) is 19.1 Å². The number of likely N-dealkylation sites (N-methyl/N-ethyl adjacent to an activating group) is 1. The summed E-state index contributed by atoms with van der Waals surface area (Å²) in [6.07, 6.45) is 7.46. The molecule has 0 unspecified atom stereocenters. The summed E-state index contributed by atoms with van der Waals surface area (Å²) in [5.41, 5.74) is 1.89. The monoisotopic (exact) mass is 590 g/mol. The van der Waals surface area contributed by atoms with Crippen molar-refractivity contribution < 1.29 is 14.3 Å². The normalized spacial score (nSPS) is 19.2. The molecule has 0 radical (unpaired) electrons. The highest BCUT2D eigenvalue weighted by Crippen LogP contribution is 2.31. The number of benzene rings is 1. The third kappa shape index (κ3) is 7.26. The molecule has 1 aliphatic carbocycles. The highest BCUT2D eigenvalue weighted by atomic mass is 16.5. The van der Waals surface area contributed by atoms with Crippen molar-refractivity contribution in [3.63, 3.8) is 0 Å². The second-order valence-electron chi connectivity index (χ2n) is 11.9. The summed E-state index contributed by atoms with van der Waals surface area (Å²) in [5, 5.41) is 5.55. The summed E-state index contributed by atoms with van der Waals surface area (Å²) >= 11 is 0. The van der Waals surface area contributed by atoms with Gasteiger partial charge in [-0.25, -0.2) is 14.6 Å². The molecule has 232 valence electrons. The largest absolute Gasteiger partial charge is 0.494 e. The summed E-state index contributed by atoms with van der Waals surface area (Å²) < 4.78 is 7.55. The fraction of sp³-hybridized carbons (Fsp3) is 0.594. The van der Waals surface area contributed by atoms with Gasteiger partial charge in [0.15, 0.2) is 5.65 Å². The van der Waals surface area contributed by atoms with Gasteiger partial charge in [-0.15, -0.1) is 0 Å². The molecule has 2 aliphatic rings. The lowest BCUT2D eigenvalue weighted by Crippen LogP contribution is -2.52. The van der Waals surface area contributed by atoms with Crippen LogP contribution < -0.4 is 9.64 Å². The summed E-state index contributed by atoms with van der Waals surface area (Å²) in [7, 11) is 4.07. The first-order chi connectivity index (χ1) is 20.9. The summed E-state index contributed by atoms with van der Waals surface area (Å²) in [5.74, 6) is 2.23. The number of ether oxygens (including phenoxy) is 1. The summed E-state index contributed by atoms with van der Waals surface area (Å²) in [6, 6.07) is 8.29. The van der Waals surface area contributed by atoms with Crippen molar-refractivity contribution >= 4 is 28.7 Å². The van der Waals surface area contributed by atoms with Gasteiger partial charge in [-0.2, -0.15) is 5.10 Å². The third-order valence-corrected chi connectivity index (χ3v) is 8.74. The minimum absolute atomic E-state index is 0.0421. The SMILES string of the molecule is CCOc1cccc(Cn2ncc3c(N4CCN(C(=O)[C@H]5CC[C@H](N(CCN(C)C)C(=O)CC)CC5)CC4)ncnc32)c1. The van der Waals surface area contributed by atoms with Gasteiger partial charge < -0.3 is 24.3 Å². The smallest absolute Gasteiger partial charge is 0.225 e. The standard InChI is InChI=1S/C32H46N8O3/c1-5-29(41)39(19-14-36(3)4)26-12-10-25(11-13-26)32(42)38-17-15-37(16-18-38)30-28-21-35-40(31(28)34-23-33-30)22-24-8-7-9-27(20-24)43-6-2/h7-9,20-21,23,25-26H,5-6,10-19,22H2,1-4H3/t25-,26-. The van der Waals surface area contributed by atoms with Crippen molar-refractivity contribution in [2.45, 2.75) is 58.5 Å². The van der Waals surface area contributed by atoms with Crippen LogP contribution in [-0.4, -0.2) is 112 Å². The Bertz CT molecular complexity index is 1380. The predicted molar refractivity (Wildman–Crippen MR) is 167 cm³/mol. The van der Waals surface area contributed by atoms with Crippen LogP contribution in [0.4, 0.5) is 5.82 Å². The zero-order valence-corrected chi connectivity index (χ0v) is 26.1. The van der Waals surface area contributed by atoms with Crippen LogP contribution in [0.2, 0.25) is 0 Å². The van der Waals surface area contributed by atoms with Gasteiger partial charge >= 0.3 is 0 Å². The van der Waals surface area contributed by atoms with Crippen molar-refractivity contribution in [1.29, 1.82) is 0 Å². The number of hydrogen-bond donors (Lipinski definition) is 0. The zero-order chi connectivity index (χ0) is 30.3. The summed E-state index contributed by atoms with van der Waals surface area (Å²) in [4.78, 5) is 43.8. The first-order valence-electron chi connectivity index (χ1n) is 15.7. The number of fused-ring (bicyclic) bond motifs is 1. The highest BCUT2D eigenvalue weighted by molar-refractivity contribution is 5.87. The number of anilines is 1. The Morgan fingerprint density at radius 2 is 1.77 bits per heavy atom. The predicted octanol–water partition coefficient (Wildman–Crippen LogP) is 3.28. The van der Waals surface area contributed by atoms with Crippen molar-refractivity contribution in [1.82, 2.24) is 34.4 Å². The van der Waals surface area contributed by atoms with Gasteiger partial charge in [0.05, 0.1) is 24.7 Å². The number of hydrogen-bond acceptors (Lipinski definition) is 8. The lowest BCUT2D eigenvalue weighted by molar-refractivity contribution is -0.138. The average molecular weight is 591 g/mol. The molecule has 5 rings (SSSR count). The highest BCUT2D eigenvalue weighted by Gasteiger charge is 2.34. The molecular weight excluding hydrogens is 544 g/mol. The van der Waals surface area contributed by atoms with Crippen LogP contribution in [0, 0.1) is 5.92 Å². The molecule has 0 atom stereocenters. The van der Waals surface area contributed by atoms with E-state index in [1.54, 1.807) is 6.33 Å². The molecule has 3 aromatic rings. The second kappa shape index (κ2) is 14.2. The quantitative estimate of drug-likeness (QED) is 0.336. The van der Waals surface area contributed by atoms with Crippen LogP contribution in [0.5, 0.6) is 5.75 Å². The topological polar surface area (TPSA) is 99.9 Å². The van der Waals surface area contributed by atoms with Crippen molar-refractivity contribution in [3.05, 3.63) is 42.4 Å². The Kier molecular flexibility index (Phi) is 10.1. The maximum absolute atomic E-state index is 13.5. The Hall–Kier alpha value is -3.73.